The van der Waals surface area contributed by atoms with Crippen molar-refractivity contribution in [3.05, 3.63) is 0 Å². The Kier molecular flexibility index (Phi) is 45.3. The molecular weight excluding hydrogens is 1260 g/mol. The van der Waals surface area contributed by atoms with Crippen LogP contribution in [0, 0.1) is 11.8 Å². The lowest BCUT2D eigenvalue weighted by atomic mass is 9.89. The van der Waals surface area contributed by atoms with Gasteiger partial charge in [-0.1, -0.05) is 42.0 Å². The quantitative estimate of drug-likeness (QED) is 0.0122. The molecule has 5 fully saturated rings. The highest BCUT2D eigenvalue weighted by atomic mass is 16.8. The fourth-order valence-corrected chi connectivity index (χ4v) is 10.3. The summed E-state index contributed by atoms with van der Waals surface area (Å²) in [5.41, 5.74) is 6.17. The average molecular weight is 1380 g/mol. The fraction of sp³-hybridized carbons (Fsp3) is 0.931. The number of nitrogens with two attached hydrogens (primary N) is 1. The van der Waals surface area contributed by atoms with E-state index >= 15 is 0 Å². The van der Waals surface area contributed by atoms with Crippen LogP contribution >= 0.6 is 0 Å². The van der Waals surface area contributed by atoms with E-state index in [1.807, 2.05) is 0 Å². The molecule has 5 saturated heterocycles. The summed E-state index contributed by atoms with van der Waals surface area (Å²) in [7, 11) is 2.73. The molecule has 0 saturated carbocycles. The highest BCUT2D eigenvalue weighted by Crippen LogP contribution is 2.35. The van der Waals surface area contributed by atoms with E-state index in [4.69, 9.17) is 92.1 Å². The van der Waals surface area contributed by atoms with Crippen LogP contribution in [0.5, 0.6) is 0 Å². The molecule has 0 aromatic carbocycles. The van der Waals surface area contributed by atoms with Gasteiger partial charge in [-0.3, -0.25) is 24.5 Å². The molecule has 5 rings (SSSR count). The van der Waals surface area contributed by atoms with Gasteiger partial charge >= 0.3 is 11.9 Å². The normalized spacial score (nSPS) is 35.2. The van der Waals surface area contributed by atoms with Gasteiger partial charge in [-0.15, -0.1) is 0 Å². The second kappa shape index (κ2) is 47.8. The molecule has 556 valence electrons. The molecule has 25 atom stereocenters. The first kappa shape index (κ1) is 88.9. The molecule has 2 amide bonds. The maximum atomic E-state index is 12.4. The van der Waals surface area contributed by atoms with Gasteiger partial charge in [0, 0.05) is 59.2 Å². The van der Waals surface area contributed by atoms with Gasteiger partial charge in [0.1, 0.15) is 73.2 Å². The van der Waals surface area contributed by atoms with Gasteiger partial charge in [0.2, 0.25) is 11.8 Å². The van der Waals surface area contributed by atoms with E-state index < -0.39 is 165 Å². The highest BCUT2D eigenvalue weighted by molar-refractivity contribution is 5.85. The van der Waals surface area contributed by atoms with Gasteiger partial charge in [0.05, 0.1) is 136 Å². The molecule has 94 heavy (non-hydrogen) atoms. The first-order valence-electron chi connectivity index (χ1n) is 31.0. The summed E-state index contributed by atoms with van der Waals surface area (Å²) >= 11 is 0. The zero-order valence-corrected chi connectivity index (χ0v) is 54.7. The Morgan fingerprint density at radius 2 is 0.862 bits per heavy atom. The topological polar surface area (TPSA) is 536 Å². The molecule has 0 aromatic rings. The predicted molar refractivity (Wildman–Crippen MR) is 324 cm³/mol. The summed E-state index contributed by atoms with van der Waals surface area (Å²) in [6.45, 7) is 9.78. The van der Waals surface area contributed by atoms with Gasteiger partial charge in [0.25, 0.3) is 0 Å². The summed E-state index contributed by atoms with van der Waals surface area (Å²) in [6.07, 6.45) is -19.7. The van der Waals surface area contributed by atoms with E-state index in [-0.39, 0.29) is 144 Å². The SMILES string of the molecule is C.CCC(=O)OC(=O)CC.CCC(O)NC1[C@H](OC)OC(COCCO)[C@H](O[C@@H]2OC(COCCO)[C@H](O[C@H]3C[C@H](O)[C@@H](C)C(COCCO)O3)[C@@H](O)C2NC(C)=O)[C@H]1O.CO[C@@H]1OC(COCCO)[C@H](O[C@@H]2OC(COCCO)[C@H](C)[C@@H](O)C2N)[C@@H](O)C1NC(C)=O.N. The molecule has 10 unspecified atom stereocenters. The summed E-state index contributed by atoms with van der Waals surface area (Å²) in [4.78, 5) is 44.8. The van der Waals surface area contributed by atoms with Crippen molar-refractivity contribution in [3.63, 3.8) is 0 Å². The van der Waals surface area contributed by atoms with Crippen LogP contribution in [0.15, 0.2) is 0 Å². The van der Waals surface area contributed by atoms with Crippen molar-refractivity contribution in [1.82, 2.24) is 22.1 Å². The van der Waals surface area contributed by atoms with Crippen molar-refractivity contribution < 1.29 is 151 Å². The summed E-state index contributed by atoms with van der Waals surface area (Å²) in [6, 6.07) is -4.20. The van der Waals surface area contributed by atoms with Crippen molar-refractivity contribution in [3.8, 4) is 0 Å². The first-order chi connectivity index (χ1) is 43.9. The number of esters is 2. The maximum absolute atomic E-state index is 12.4. The molecule has 0 radical (unpaired) electrons. The highest BCUT2D eigenvalue weighted by Gasteiger charge is 2.55. The van der Waals surface area contributed by atoms with Gasteiger partial charge in [-0.25, -0.2) is 0 Å². The van der Waals surface area contributed by atoms with E-state index in [0.29, 0.717) is 6.42 Å². The lowest BCUT2D eigenvalue weighted by Crippen LogP contribution is -2.70. The Balaban J connectivity index is 0.000000862. The number of amides is 2. The van der Waals surface area contributed by atoms with Crippen molar-refractivity contribution in [2.24, 2.45) is 17.6 Å². The number of aliphatic hydroxyl groups is 11. The smallest absolute Gasteiger partial charge is 0.313 e. The molecule has 0 aromatic heterocycles. The van der Waals surface area contributed by atoms with E-state index in [0.717, 1.165) is 0 Å². The lowest BCUT2D eigenvalue weighted by molar-refractivity contribution is -0.350. The Labute approximate surface area is 549 Å². The van der Waals surface area contributed by atoms with Crippen LogP contribution in [0.1, 0.15) is 81.6 Å². The van der Waals surface area contributed by atoms with Gasteiger partial charge in [0.15, 0.2) is 31.5 Å². The molecule has 36 nitrogen and oxygen atoms in total. The Bertz CT molecular complexity index is 2030. The number of nitrogens with one attached hydrogen (secondary N) is 3. The number of ether oxygens (including phenoxy) is 16. The number of rotatable bonds is 35. The zero-order valence-electron chi connectivity index (χ0n) is 54.7. The molecule has 5 aliphatic rings. The third-order valence-corrected chi connectivity index (χ3v) is 15.4. The van der Waals surface area contributed by atoms with Crippen LogP contribution in [0.25, 0.3) is 0 Å². The third-order valence-electron chi connectivity index (χ3n) is 15.4. The summed E-state index contributed by atoms with van der Waals surface area (Å²) in [5.74, 6) is -2.58. The van der Waals surface area contributed by atoms with Crippen LogP contribution in [-0.2, 0) is 95.0 Å². The predicted octanol–water partition coefficient (Wildman–Crippen LogP) is -5.75. The standard InChI is InChI=1S/C31H58N2O17.C20H38N2O11.C6H10O3.CH4.H3N/c1-5-22(39)33-24-26(40)29(21(15-45-11-8-36)47-30(24)42-4)50-31-25(32-17(3)37)27(41)28(20(48-31)14-44-10-7-35)49-23-12-18(38)16(2)19(46-23)13-43-9-6-34;1-10-12(8-29-6-4-23)31-19(14(21)16(10)26)33-18-13(9-30-7-5-24)32-20(28-3)15(17(18)27)22-11(2)25;1-3-5(7)9-6(8)4-2;;/h16,18-31,33-36,38-41H,5-15H2,1-4H3,(H,32,37);10,12-20,23-24,26-27H,4-9,21H2,1-3H3,(H,22,25);3-4H2,1-2H3;1H4;1H3/t16-,18+,19?,20?,21?,22?,23+,24?,25?,26+,27+,28+,29+,30-,31+;10-,12?,13?,14?,15?,16+,17-,18-,19-,20+;;;/m10.../s1. The molecule has 36 heteroatoms. The average Bonchev–Trinajstić information content (AvgIpc) is 0.785. The van der Waals surface area contributed by atoms with E-state index in [9.17, 15) is 60.0 Å². The summed E-state index contributed by atoms with van der Waals surface area (Å²) in [5, 5.41) is 120. The molecule has 0 spiro atoms. The Hall–Kier alpha value is -3.08. The minimum atomic E-state index is -1.53. The molecular formula is C58H113N5O31. The first-order valence-corrected chi connectivity index (χ1v) is 31.0. The molecule has 19 N–H and O–H groups in total. The van der Waals surface area contributed by atoms with E-state index in [1.54, 1.807) is 34.6 Å². The van der Waals surface area contributed by atoms with E-state index in [1.165, 1.54) is 28.1 Å². The molecule has 0 bridgehead atoms. The maximum Gasteiger partial charge on any atom is 0.313 e. The number of hydrogen-bond acceptors (Lipinski definition) is 34. The van der Waals surface area contributed by atoms with Crippen LogP contribution in [0.4, 0.5) is 0 Å². The van der Waals surface area contributed by atoms with Gasteiger partial charge in [-0.05, 0) is 6.42 Å². The zero-order chi connectivity index (χ0) is 68.6. The lowest BCUT2D eigenvalue weighted by Gasteiger charge is -2.50. The number of carbonyl (C=O) groups is 4. The second-order valence-electron chi connectivity index (χ2n) is 22.2. The van der Waals surface area contributed by atoms with Crippen molar-refractivity contribution in [1.29, 1.82) is 0 Å². The van der Waals surface area contributed by atoms with Crippen LogP contribution in [-0.4, -0.2) is 334 Å². The van der Waals surface area contributed by atoms with Crippen molar-refractivity contribution >= 4 is 23.8 Å². The molecule has 5 heterocycles. The third kappa shape index (κ3) is 28.3. The van der Waals surface area contributed by atoms with Crippen molar-refractivity contribution in [2.75, 3.05) is 113 Å². The minimum Gasteiger partial charge on any atom is -0.394 e. The fourth-order valence-electron chi connectivity index (χ4n) is 10.3. The summed E-state index contributed by atoms with van der Waals surface area (Å²) < 4.78 is 91.0. The number of methoxy groups -OCH3 is 2. The number of carbonyl (C=O) groups excluding carboxylic acids is 4. The second-order valence-corrected chi connectivity index (χ2v) is 22.2. The van der Waals surface area contributed by atoms with E-state index in [2.05, 4.69) is 20.7 Å². The Morgan fingerprint density at radius 3 is 1.26 bits per heavy atom. The molecule has 5 aliphatic heterocycles. The van der Waals surface area contributed by atoms with Gasteiger partial charge in [-0.2, -0.15) is 0 Å². The largest absolute Gasteiger partial charge is 0.394 e. The minimum absolute atomic E-state index is 0. The van der Waals surface area contributed by atoms with Crippen LogP contribution in [0.3, 0.4) is 0 Å². The number of hydrogen-bond donors (Lipinski definition) is 16. The van der Waals surface area contributed by atoms with Crippen LogP contribution < -0.4 is 27.8 Å². The monoisotopic (exact) mass is 1380 g/mol. The number of aliphatic hydroxyl groups excluding tert-OH is 11. The van der Waals surface area contributed by atoms with Crippen LogP contribution in [0.2, 0.25) is 0 Å². The van der Waals surface area contributed by atoms with Crippen molar-refractivity contribution in [2.45, 2.75) is 223 Å². The van der Waals surface area contributed by atoms with Gasteiger partial charge < -0.3 is 154 Å². The Morgan fingerprint density at radius 1 is 0.511 bits per heavy atom. The molecule has 0 aliphatic carbocycles.